The number of rotatable bonds is 6. The lowest BCUT2D eigenvalue weighted by molar-refractivity contribution is -0.147. The van der Waals surface area contributed by atoms with Crippen molar-refractivity contribution in [3.05, 3.63) is 0 Å². The molecule has 1 heterocycles. The highest BCUT2D eigenvalue weighted by Gasteiger charge is 2.34. The molecule has 0 aromatic rings. The van der Waals surface area contributed by atoms with Gasteiger partial charge in [0.15, 0.2) is 0 Å². The molecule has 3 nitrogen and oxygen atoms in total. The van der Waals surface area contributed by atoms with E-state index in [2.05, 4.69) is 6.92 Å². The quantitative estimate of drug-likeness (QED) is 0.503. The zero-order valence-electron chi connectivity index (χ0n) is 9.83. The van der Waals surface area contributed by atoms with Crippen molar-refractivity contribution in [1.29, 1.82) is 0 Å². The van der Waals surface area contributed by atoms with Gasteiger partial charge in [0.25, 0.3) is 0 Å². The predicted molar refractivity (Wildman–Crippen MR) is 58.6 cm³/mol. The number of hydrogen-bond acceptors (Lipinski definition) is 3. The summed E-state index contributed by atoms with van der Waals surface area (Å²) in [6.07, 6.45) is 6.84. The summed E-state index contributed by atoms with van der Waals surface area (Å²) in [6, 6.07) is 0. The van der Waals surface area contributed by atoms with Crippen LogP contribution in [-0.2, 0) is 14.3 Å². The van der Waals surface area contributed by atoms with Gasteiger partial charge in [0, 0.05) is 6.61 Å². The molecule has 15 heavy (non-hydrogen) atoms. The third-order valence-corrected chi connectivity index (χ3v) is 3.06. The van der Waals surface area contributed by atoms with Gasteiger partial charge >= 0.3 is 5.97 Å². The van der Waals surface area contributed by atoms with E-state index in [4.69, 9.17) is 9.47 Å². The average molecular weight is 214 g/mol. The van der Waals surface area contributed by atoms with Crippen LogP contribution in [0.2, 0.25) is 0 Å². The minimum atomic E-state index is -0.104. The van der Waals surface area contributed by atoms with Gasteiger partial charge in [-0.05, 0) is 12.8 Å². The second kappa shape index (κ2) is 6.83. The predicted octanol–water partition coefficient (Wildman–Crippen LogP) is 2.53. The highest BCUT2D eigenvalue weighted by atomic mass is 16.5. The maximum absolute atomic E-state index is 11.4. The molecule has 1 rings (SSSR count). The molecule has 1 aliphatic rings. The SMILES string of the molecule is CCCCCCC1OCCC1C(=O)OC. The topological polar surface area (TPSA) is 35.5 Å². The van der Waals surface area contributed by atoms with Crippen molar-refractivity contribution in [1.82, 2.24) is 0 Å². The smallest absolute Gasteiger partial charge is 0.311 e. The van der Waals surface area contributed by atoms with E-state index in [0.29, 0.717) is 6.61 Å². The summed E-state index contributed by atoms with van der Waals surface area (Å²) in [6.45, 7) is 2.90. The Balaban J connectivity index is 2.24. The number of methoxy groups -OCH3 is 1. The second-order valence-electron chi connectivity index (χ2n) is 4.18. The summed E-state index contributed by atoms with van der Waals surface area (Å²) >= 11 is 0. The third kappa shape index (κ3) is 3.82. The Bertz CT molecular complexity index is 191. The van der Waals surface area contributed by atoms with Gasteiger partial charge in [-0.25, -0.2) is 0 Å². The summed E-state index contributed by atoms with van der Waals surface area (Å²) < 4.78 is 10.3. The van der Waals surface area contributed by atoms with Crippen molar-refractivity contribution >= 4 is 5.97 Å². The van der Waals surface area contributed by atoms with Crippen LogP contribution in [0.15, 0.2) is 0 Å². The first-order valence-corrected chi connectivity index (χ1v) is 5.99. The van der Waals surface area contributed by atoms with Crippen LogP contribution in [0.3, 0.4) is 0 Å². The van der Waals surface area contributed by atoms with Crippen LogP contribution in [0.1, 0.15) is 45.4 Å². The molecule has 0 spiro atoms. The number of carbonyl (C=O) groups is 1. The van der Waals surface area contributed by atoms with Crippen LogP contribution < -0.4 is 0 Å². The number of hydrogen-bond donors (Lipinski definition) is 0. The van der Waals surface area contributed by atoms with Crippen LogP contribution >= 0.6 is 0 Å². The van der Waals surface area contributed by atoms with Gasteiger partial charge in [-0.1, -0.05) is 32.6 Å². The molecular formula is C12H22O3. The first kappa shape index (κ1) is 12.5. The Morgan fingerprint density at radius 1 is 1.40 bits per heavy atom. The molecule has 0 aliphatic carbocycles. The zero-order chi connectivity index (χ0) is 11.1. The van der Waals surface area contributed by atoms with E-state index in [1.54, 1.807) is 0 Å². The molecule has 0 aromatic heterocycles. The second-order valence-corrected chi connectivity index (χ2v) is 4.18. The van der Waals surface area contributed by atoms with Crippen molar-refractivity contribution in [2.24, 2.45) is 5.92 Å². The lowest BCUT2D eigenvalue weighted by atomic mass is 9.97. The van der Waals surface area contributed by atoms with E-state index >= 15 is 0 Å². The van der Waals surface area contributed by atoms with Crippen molar-refractivity contribution in [2.45, 2.75) is 51.6 Å². The van der Waals surface area contributed by atoms with Crippen molar-refractivity contribution < 1.29 is 14.3 Å². The summed E-state index contributed by atoms with van der Waals surface area (Å²) in [5.74, 6) is -0.121. The number of esters is 1. The van der Waals surface area contributed by atoms with E-state index in [0.717, 1.165) is 19.3 Å². The zero-order valence-corrected chi connectivity index (χ0v) is 9.83. The van der Waals surface area contributed by atoms with Gasteiger partial charge in [0.1, 0.15) is 0 Å². The fourth-order valence-electron chi connectivity index (χ4n) is 2.13. The molecule has 2 unspecified atom stereocenters. The van der Waals surface area contributed by atoms with Crippen molar-refractivity contribution in [2.75, 3.05) is 13.7 Å². The van der Waals surface area contributed by atoms with Gasteiger partial charge in [-0.3, -0.25) is 4.79 Å². The molecule has 0 amide bonds. The van der Waals surface area contributed by atoms with Crippen LogP contribution in [0.4, 0.5) is 0 Å². The minimum Gasteiger partial charge on any atom is -0.469 e. The fourth-order valence-corrected chi connectivity index (χ4v) is 2.13. The van der Waals surface area contributed by atoms with Gasteiger partial charge in [0.2, 0.25) is 0 Å². The van der Waals surface area contributed by atoms with E-state index < -0.39 is 0 Å². The Labute approximate surface area is 92.1 Å². The Kier molecular flexibility index (Phi) is 5.69. The third-order valence-electron chi connectivity index (χ3n) is 3.06. The van der Waals surface area contributed by atoms with E-state index in [1.165, 1.54) is 26.4 Å². The Morgan fingerprint density at radius 3 is 2.87 bits per heavy atom. The first-order chi connectivity index (χ1) is 7.29. The molecule has 0 bridgehead atoms. The monoisotopic (exact) mass is 214 g/mol. The van der Waals surface area contributed by atoms with Crippen LogP contribution in [0.25, 0.3) is 0 Å². The summed E-state index contributed by atoms with van der Waals surface area (Å²) in [4.78, 5) is 11.4. The average Bonchev–Trinajstić information content (AvgIpc) is 2.71. The standard InChI is InChI=1S/C12H22O3/c1-3-4-5-6-7-11-10(8-9-15-11)12(13)14-2/h10-11H,3-9H2,1-2H3. The molecule has 3 heteroatoms. The highest BCUT2D eigenvalue weighted by molar-refractivity contribution is 5.73. The Morgan fingerprint density at radius 2 is 2.20 bits per heavy atom. The molecule has 0 aromatic carbocycles. The summed E-state index contributed by atoms with van der Waals surface area (Å²) in [5, 5.41) is 0. The van der Waals surface area contributed by atoms with Gasteiger partial charge < -0.3 is 9.47 Å². The molecule has 0 saturated carbocycles. The van der Waals surface area contributed by atoms with Gasteiger partial charge in [-0.15, -0.1) is 0 Å². The van der Waals surface area contributed by atoms with Gasteiger partial charge in [-0.2, -0.15) is 0 Å². The number of carbonyl (C=O) groups excluding carboxylic acids is 1. The van der Waals surface area contributed by atoms with E-state index in [-0.39, 0.29) is 18.0 Å². The summed E-state index contributed by atoms with van der Waals surface area (Å²) in [5.41, 5.74) is 0. The normalized spacial score (nSPS) is 25.5. The lowest BCUT2D eigenvalue weighted by Gasteiger charge is -2.15. The lowest BCUT2D eigenvalue weighted by Crippen LogP contribution is -2.25. The highest BCUT2D eigenvalue weighted by Crippen LogP contribution is 2.26. The van der Waals surface area contributed by atoms with Crippen LogP contribution in [0.5, 0.6) is 0 Å². The van der Waals surface area contributed by atoms with E-state index in [1.807, 2.05) is 0 Å². The van der Waals surface area contributed by atoms with Crippen LogP contribution in [-0.4, -0.2) is 25.8 Å². The molecule has 0 radical (unpaired) electrons. The first-order valence-electron chi connectivity index (χ1n) is 5.99. The van der Waals surface area contributed by atoms with E-state index in [9.17, 15) is 4.79 Å². The van der Waals surface area contributed by atoms with Gasteiger partial charge in [0.05, 0.1) is 19.1 Å². The fraction of sp³-hybridized carbons (Fsp3) is 0.917. The maximum Gasteiger partial charge on any atom is 0.311 e. The molecule has 1 fully saturated rings. The molecule has 88 valence electrons. The van der Waals surface area contributed by atoms with Crippen molar-refractivity contribution in [3.63, 3.8) is 0 Å². The number of unbranched alkanes of at least 4 members (excludes halogenated alkanes) is 3. The molecule has 1 aliphatic heterocycles. The number of ether oxygens (including phenoxy) is 2. The van der Waals surface area contributed by atoms with Crippen molar-refractivity contribution in [3.8, 4) is 0 Å². The Hall–Kier alpha value is -0.570. The molecular weight excluding hydrogens is 192 g/mol. The van der Waals surface area contributed by atoms with Crippen LogP contribution in [0, 0.1) is 5.92 Å². The molecule has 0 N–H and O–H groups in total. The molecule has 1 saturated heterocycles. The largest absolute Gasteiger partial charge is 0.469 e. The minimum absolute atomic E-state index is 0.0170. The maximum atomic E-state index is 11.4. The summed E-state index contributed by atoms with van der Waals surface area (Å²) in [7, 11) is 1.45. The molecule has 2 atom stereocenters.